The van der Waals surface area contributed by atoms with Gasteiger partial charge in [0.05, 0.1) is 0 Å². The second-order valence-electron chi connectivity index (χ2n) is 7.55. The molecule has 5 heteroatoms. The largest absolute Gasteiger partial charge is 0.343 e. The Morgan fingerprint density at radius 2 is 1.74 bits per heavy atom. The molecule has 0 unspecified atom stereocenters. The van der Waals surface area contributed by atoms with Crippen LogP contribution in [0.1, 0.15) is 57.4 Å². The van der Waals surface area contributed by atoms with Gasteiger partial charge in [-0.05, 0) is 37.3 Å². The van der Waals surface area contributed by atoms with Crippen LogP contribution in [0, 0.1) is 5.92 Å². The minimum Gasteiger partial charge on any atom is -0.343 e. The van der Waals surface area contributed by atoms with Crippen LogP contribution in [-0.4, -0.2) is 54.3 Å². The molecule has 2 amide bonds. The minimum absolute atomic E-state index is 0.150. The van der Waals surface area contributed by atoms with E-state index in [2.05, 4.69) is 26.0 Å². The fraction of sp³-hybridized carbons (Fsp3) is 0.636. The van der Waals surface area contributed by atoms with Crippen molar-refractivity contribution in [1.82, 2.24) is 9.80 Å². The molecule has 0 aromatic heterocycles. The van der Waals surface area contributed by atoms with Crippen molar-refractivity contribution in [2.24, 2.45) is 11.7 Å². The number of hydrogen-bond donors (Lipinski definition) is 1. The summed E-state index contributed by atoms with van der Waals surface area (Å²) in [5.74, 6) is 0.945. The molecule has 0 spiro atoms. The second kappa shape index (κ2) is 11.1. The van der Waals surface area contributed by atoms with Crippen LogP contribution >= 0.6 is 0 Å². The van der Waals surface area contributed by atoms with Gasteiger partial charge in [-0.2, -0.15) is 0 Å². The summed E-state index contributed by atoms with van der Waals surface area (Å²) in [7, 11) is 0. The van der Waals surface area contributed by atoms with Crippen LogP contribution in [-0.2, 0) is 9.59 Å². The topological polar surface area (TPSA) is 66.6 Å². The van der Waals surface area contributed by atoms with E-state index in [-0.39, 0.29) is 11.8 Å². The number of hydrogen-bond acceptors (Lipinski definition) is 3. The van der Waals surface area contributed by atoms with Crippen molar-refractivity contribution in [2.75, 3.05) is 32.7 Å². The first-order valence-corrected chi connectivity index (χ1v) is 10.4. The predicted molar refractivity (Wildman–Crippen MR) is 109 cm³/mol. The van der Waals surface area contributed by atoms with E-state index in [1.165, 1.54) is 5.56 Å². The molecule has 2 N–H and O–H groups in total. The number of carbonyl (C=O) groups is 2. The highest BCUT2D eigenvalue weighted by atomic mass is 16.2. The normalized spacial score (nSPS) is 19.3. The van der Waals surface area contributed by atoms with Gasteiger partial charge in [0.25, 0.3) is 0 Å². The van der Waals surface area contributed by atoms with Gasteiger partial charge < -0.3 is 15.5 Å². The molecule has 1 aromatic rings. The lowest BCUT2D eigenvalue weighted by Gasteiger charge is -2.22. The molecule has 1 aliphatic heterocycles. The number of likely N-dealkylation sites (tertiary alicyclic amines) is 1. The summed E-state index contributed by atoms with van der Waals surface area (Å²) >= 11 is 0. The van der Waals surface area contributed by atoms with Crippen molar-refractivity contribution in [3.8, 4) is 0 Å². The molecule has 5 nitrogen and oxygen atoms in total. The fourth-order valence-corrected chi connectivity index (χ4v) is 4.00. The van der Waals surface area contributed by atoms with Gasteiger partial charge in [-0.15, -0.1) is 0 Å². The van der Waals surface area contributed by atoms with Crippen molar-refractivity contribution in [3.63, 3.8) is 0 Å². The van der Waals surface area contributed by atoms with Gasteiger partial charge in [-0.1, -0.05) is 44.2 Å². The van der Waals surface area contributed by atoms with Crippen molar-refractivity contribution >= 4 is 11.8 Å². The van der Waals surface area contributed by atoms with E-state index < -0.39 is 0 Å². The lowest BCUT2D eigenvalue weighted by molar-refractivity contribution is -0.132. The summed E-state index contributed by atoms with van der Waals surface area (Å²) < 4.78 is 0. The van der Waals surface area contributed by atoms with Gasteiger partial charge in [0.15, 0.2) is 0 Å². The molecule has 0 bridgehead atoms. The van der Waals surface area contributed by atoms with Crippen molar-refractivity contribution in [1.29, 1.82) is 0 Å². The number of benzene rings is 1. The van der Waals surface area contributed by atoms with Crippen LogP contribution in [0.3, 0.4) is 0 Å². The maximum atomic E-state index is 12.6. The average molecular weight is 374 g/mol. The summed E-state index contributed by atoms with van der Waals surface area (Å²) in [5.41, 5.74) is 7.22. The Labute approximate surface area is 163 Å². The molecular formula is C22H35N3O2. The zero-order valence-corrected chi connectivity index (χ0v) is 16.9. The summed E-state index contributed by atoms with van der Waals surface area (Å²) in [4.78, 5) is 28.9. The minimum atomic E-state index is 0.150. The number of nitrogens with zero attached hydrogens (tertiary/aromatic N) is 2. The molecule has 0 aliphatic carbocycles. The van der Waals surface area contributed by atoms with Crippen LogP contribution in [0.2, 0.25) is 0 Å². The van der Waals surface area contributed by atoms with E-state index >= 15 is 0 Å². The van der Waals surface area contributed by atoms with Gasteiger partial charge >= 0.3 is 0 Å². The highest BCUT2D eigenvalue weighted by Crippen LogP contribution is 2.32. The van der Waals surface area contributed by atoms with Crippen molar-refractivity contribution in [2.45, 2.75) is 51.9 Å². The first-order chi connectivity index (χ1) is 13.1. The molecule has 0 radical (unpaired) electrons. The highest BCUT2D eigenvalue weighted by molar-refractivity contribution is 5.79. The second-order valence-corrected chi connectivity index (χ2v) is 7.55. The lowest BCUT2D eigenvalue weighted by atomic mass is 9.89. The van der Waals surface area contributed by atoms with E-state index in [0.717, 1.165) is 39.0 Å². The number of rotatable bonds is 10. The third kappa shape index (κ3) is 6.06. The first kappa shape index (κ1) is 21.4. The standard InChI is InChI=1S/C22H35N3O2/c1-3-13-24(14-4-2)21(26)11-8-12-22(27)25-16-19(15-23)20(17-25)18-9-6-5-7-10-18/h5-7,9-10,19-20H,3-4,8,11-17,23H2,1-2H3/t19-,20+/m1/s1. The predicted octanol–water partition coefficient (Wildman–Crippen LogP) is 3.01. The van der Waals surface area contributed by atoms with E-state index in [9.17, 15) is 9.59 Å². The zero-order valence-electron chi connectivity index (χ0n) is 16.9. The molecule has 2 atom stereocenters. The maximum Gasteiger partial charge on any atom is 0.222 e. The molecule has 1 heterocycles. The Morgan fingerprint density at radius 3 is 2.33 bits per heavy atom. The van der Waals surface area contributed by atoms with Crippen LogP contribution in [0.25, 0.3) is 0 Å². The summed E-state index contributed by atoms with van der Waals surface area (Å²) in [5, 5.41) is 0. The highest BCUT2D eigenvalue weighted by Gasteiger charge is 2.34. The zero-order chi connectivity index (χ0) is 19.6. The first-order valence-electron chi connectivity index (χ1n) is 10.4. The number of carbonyl (C=O) groups excluding carboxylic acids is 2. The molecule has 150 valence electrons. The van der Waals surface area contributed by atoms with Crippen molar-refractivity contribution in [3.05, 3.63) is 35.9 Å². The molecule has 1 saturated heterocycles. The van der Waals surface area contributed by atoms with E-state index in [0.29, 0.717) is 37.6 Å². The number of amides is 2. The van der Waals surface area contributed by atoms with Gasteiger partial charge in [0.1, 0.15) is 0 Å². The Hall–Kier alpha value is -1.88. The average Bonchev–Trinajstić information content (AvgIpc) is 3.13. The third-order valence-corrected chi connectivity index (χ3v) is 5.45. The van der Waals surface area contributed by atoms with Gasteiger partial charge in [0.2, 0.25) is 11.8 Å². The Kier molecular flexibility index (Phi) is 8.79. The van der Waals surface area contributed by atoms with Crippen LogP contribution in [0.4, 0.5) is 0 Å². The molecule has 1 aromatic carbocycles. The lowest BCUT2D eigenvalue weighted by Crippen LogP contribution is -2.33. The fourth-order valence-electron chi connectivity index (χ4n) is 4.00. The van der Waals surface area contributed by atoms with E-state index in [1.54, 1.807) is 0 Å². The third-order valence-electron chi connectivity index (χ3n) is 5.45. The van der Waals surface area contributed by atoms with Gasteiger partial charge in [0, 0.05) is 44.9 Å². The maximum absolute atomic E-state index is 12.6. The SMILES string of the molecule is CCCN(CCC)C(=O)CCCC(=O)N1C[C@@H](CN)[C@H](c2ccccc2)C1. The summed E-state index contributed by atoms with van der Waals surface area (Å²) in [6, 6.07) is 10.3. The smallest absolute Gasteiger partial charge is 0.222 e. The molecule has 1 aliphatic rings. The molecular weight excluding hydrogens is 338 g/mol. The Bertz CT molecular complexity index is 584. The molecule has 2 rings (SSSR count). The van der Waals surface area contributed by atoms with Gasteiger partial charge in [-0.25, -0.2) is 0 Å². The monoisotopic (exact) mass is 373 g/mol. The number of nitrogens with two attached hydrogens (primary N) is 1. The summed E-state index contributed by atoms with van der Waals surface area (Å²) in [6.45, 7) is 7.84. The quantitative estimate of drug-likeness (QED) is 0.685. The van der Waals surface area contributed by atoms with Gasteiger partial charge in [-0.3, -0.25) is 9.59 Å². The van der Waals surface area contributed by atoms with Crippen LogP contribution in [0.15, 0.2) is 30.3 Å². The molecule has 0 saturated carbocycles. The van der Waals surface area contributed by atoms with Crippen LogP contribution < -0.4 is 5.73 Å². The molecule has 27 heavy (non-hydrogen) atoms. The summed E-state index contributed by atoms with van der Waals surface area (Å²) in [6.07, 6.45) is 3.47. The van der Waals surface area contributed by atoms with E-state index in [4.69, 9.17) is 5.73 Å². The Morgan fingerprint density at radius 1 is 1.07 bits per heavy atom. The van der Waals surface area contributed by atoms with Crippen molar-refractivity contribution < 1.29 is 9.59 Å². The van der Waals surface area contributed by atoms with E-state index in [1.807, 2.05) is 28.0 Å². The van der Waals surface area contributed by atoms with Crippen LogP contribution in [0.5, 0.6) is 0 Å². The molecule has 1 fully saturated rings. The Balaban J connectivity index is 1.83.